The first-order valence-corrected chi connectivity index (χ1v) is 11.2. The number of carbonyl (C=O) groups excluding carboxylic acids is 1. The van der Waals surface area contributed by atoms with Crippen LogP contribution in [0, 0.1) is 13.8 Å². The number of hydrogen-bond donors (Lipinski definition) is 3. The molecule has 0 unspecified atom stereocenters. The first-order valence-electron chi connectivity index (χ1n) is 11.2. The van der Waals surface area contributed by atoms with Gasteiger partial charge in [-0.05, 0) is 37.6 Å². The minimum Gasteiger partial charge on any atom is -0.488 e. The Morgan fingerprint density at radius 3 is 2.55 bits per heavy atom. The second kappa shape index (κ2) is 10.0. The number of rotatable bonds is 4. The maximum atomic E-state index is 13.1. The van der Waals surface area contributed by atoms with Gasteiger partial charge in [0.15, 0.2) is 5.75 Å². The number of nitrogens with one attached hydrogen (secondary N) is 2. The SMILES string of the molecule is CC(=O)NCc1cc(-c2c(C)noc2C)c2c3c1[nH]c(=O)n3[C@@H](c1ccccn1)CO2.O=C(O)C(F)(F)F. The number of carbonyl (C=O) groups is 2. The van der Waals surface area contributed by atoms with Crippen LogP contribution in [0.1, 0.15) is 35.7 Å². The number of hydrogen-bond acceptors (Lipinski definition) is 7. The first-order chi connectivity index (χ1) is 17.9. The van der Waals surface area contributed by atoms with Crippen LogP contribution < -0.4 is 15.7 Å². The molecular weight excluding hydrogens is 511 g/mol. The molecule has 3 N–H and O–H groups in total. The number of carboxylic acid groups (broad SMARTS) is 1. The number of amides is 1. The highest BCUT2D eigenvalue weighted by Crippen LogP contribution is 2.44. The maximum absolute atomic E-state index is 13.1. The Morgan fingerprint density at radius 2 is 2.00 bits per heavy atom. The van der Waals surface area contributed by atoms with Gasteiger partial charge in [-0.2, -0.15) is 13.2 Å². The van der Waals surface area contributed by atoms with E-state index in [1.54, 1.807) is 10.8 Å². The standard InChI is InChI=1S/C22H21N5O4.C2HF3O2/c1-11-18(12(2)31-26-11)15-8-14(9-24-13(3)28)19-20-21(15)30-10-17(27(20)22(29)25-19)16-6-4-5-7-23-16;3-2(4,5)1(6)7/h4-8,17H,9-10H2,1-3H3,(H,24,28)(H,25,29);(H,6,7)/t17-;/m1./s1. The number of alkyl halides is 3. The van der Waals surface area contributed by atoms with E-state index in [1.807, 2.05) is 38.1 Å². The van der Waals surface area contributed by atoms with Crippen LogP contribution in [0.3, 0.4) is 0 Å². The summed E-state index contributed by atoms with van der Waals surface area (Å²) in [6, 6.07) is 7.14. The second-order valence-corrected chi connectivity index (χ2v) is 8.43. The summed E-state index contributed by atoms with van der Waals surface area (Å²) < 4.78 is 45.1. The fraction of sp³-hybridized carbons (Fsp3) is 0.292. The van der Waals surface area contributed by atoms with Crippen molar-refractivity contribution in [2.75, 3.05) is 6.61 Å². The van der Waals surface area contributed by atoms with Crippen molar-refractivity contribution in [3.63, 3.8) is 0 Å². The Hall–Kier alpha value is -4.62. The number of nitrogens with zero attached hydrogens (tertiary/aromatic N) is 3. The van der Waals surface area contributed by atoms with Crippen LogP contribution in [0.2, 0.25) is 0 Å². The second-order valence-electron chi connectivity index (χ2n) is 8.43. The Bertz CT molecular complexity index is 1550. The molecule has 1 atom stereocenters. The van der Waals surface area contributed by atoms with Gasteiger partial charge in [0.1, 0.15) is 23.9 Å². The normalized spacial score (nSPS) is 14.4. The van der Waals surface area contributed by atoms with Gasteiger partial charge in [0.2, 0.25) is 5.91 Å². The number of aryl methyl sites for hydroxylation is 2. The molecule has 1 amide bonds. The highest BCUT2D eigenvalue weighted by Gasteiger charge is 2.38. The number of pyridine rings is 1. The van der Waals surface area contributed by atoms with Gasteiger partial charge in [0, 0.05) is 25.2 Å². The van der Waals surface area contributed by atoms with Gasteiger partial charge in [0.05, 0.1) is 22.5 Å². The lowest BCUT2D eigenvalue weighted by atomic mass is 9.97. The molecule has 38 heavy (non-hydrogen) atoms. The van der Waals surface area contributed by atoms with Crippen molar-refractivity contribution in [2.45, 2.75) is 39.5 Å². The Kier molecular flexibility index (Phi) is 6.98. The fourth-order valence-corrected chi connectivity index (χ4v) is 4.23. The van der Waals surface area contributed by atoms with Crippen LogP contribution >= 0.6 is 0 Å². The van der Waals surface area contributed by atoms with Gasteiger partial charge in [-0.1, -0.05) is 11.2 Å². The van der Waals surface area contributed by atoms with E-state index in [2.05, 4.69) is 20.4 Å². The van der Waals surface area contributed by atoms with E-state index in [9.17, 15) is 22.8 Å². The third-order valence-corrected chi connectivity index (χ3v) is 5.83. The zero-order valence-corrected chi connectivity index (χ0v) is 20.3. The van der Waals surface area contributed by atoms with Crippen LogP contribution in [-0.4, -0.2) is 49.5 Å². The van der Waals surface area contributed by atoms with Crippen molar-refractivity contribution < 1.29 is 37.1 Å². The zero-order chi connectivity index (χ0) is 27.8. The smallest absolute Gasteiger partial charge is 0.488 e. The summed E-state index contributed by atoms with van der Waals surface area (Å²) in [7, 11) is 0. The lowest BCUT2D eigenvalue weighted by Crippen LogP contribution is -2.31. The summed E-state index contributed by atoms with van der Waals surface area (Å²) in [4.78, 5) is 40.9. The monoisotopic (exact) mass is 533 g/mol. The number of imidazole rings is 1. The average Bonchev–Trinajstić information content (AvgIpc) is 3.38. The quantitative estimate of drug-likeness (QED) is 0.362. The minimum absolute atomic E-state index is 0.160. The van der Waals surface area contributed by atoms with Gasteiger partial charge in [-0.3, -0.25) is 14.3 Å². The van der Waals surface area contributed by atoms with Crippen molar-refractivity contribution in [1.29, 1.82) is 0 Å². The molecular formula is C24H22F3N5O6. The van der Waals surface area contributed by atoms with Crippen molar-refractivity contribution in [1.82, 2.24) is 25.0 Å². The molecule has 0 fully saturated rings. The average molecular weight is 533 g/mol. The van der Waals surface area contributed by atoms with Gasteiger partial charge in [-0.25, -0.2) is 9.59 Å². The van der Waals surface area contributed by atoms with Crippen LogP contribution in [-0.2, 0) is 16.1 Å². The first kappa shape index (κ1) is 26.4. The minimum atomic E-state index is -5.08. The third-order valence-electron chi connectivity index (χ3n) is 5.83. The van der Waals surface area contributed by atoms with Gasteiger partial charge in [-0.15, -0.1) is 0 Å². The van der Waals surface area contributed by atoms with Crippen molar-refractivity contribution in [3.05, 3.63) is 63.7 Å². The molecule has 1 aromatic carbocycles. The molecule has 0 saturated carbocycles. The van der Waals surface area contributed by atoms with E-state index in [1.165, 1.54) is 6.92 Å². The summed E-state index contributed by atoms with van der Waals surface area (Å²) in [5.41, 5.74) is 4.84. The van der Waals surface area contributed by atoms with Gasteiger partial charge >= 0.3 is 17.8 Å². The highest BCUT2D eigenvalue weighted by atomic mass is 19.4. The molecule has 0 saturated heterocycles. The lowest BCUT2D eigenvalue weighted by molar-refractivity contribution is -0.192. The molecule has 1 aliphatic rings. The van der Waals surface area contributed by atoms with Crippen LogP contribution in [0.5, 0.6) is 5.75 Å². The van der Waals surface area contributed by atoms with Crippen LogP contribution in [0.15, 0.2) is 39.8 Å². The molecule has 1 aliphatic heterocycles. The summed E-state index contributed by atoms with van der Waals surface area (Å²) in [5, 5.41) is 14.0. The lowest BCUT2D eigenvalue weighted by Gasteiger charge is -2.27. The zero-order valence-electron chi connectivity index (χ0n) is 20.3. The fourth-order valence-electron chi connectivity index (χ4n) is 4.23. The summed E-state index contributed by atoms with van der Waals surface area (Å²) in [6.07, 6.45) is -3.39. The molecule has 0 bridgehead atoms. The van der Waals surface area contributed by atoms with Crippen molar-refractivity contribution in [3.8, 4) is 16.9 Å². The topological polar surface area (TPSA) is 152 Å². The summed E-state index contributed by atoms with van der Waals surface area (Å²) in [6.45, 7) is 5.68. The predicted molar refractivity (Wildman–Crippen MR) is 127 cm³/mol. The van der Waals surface area contributed by atoms with E-state index >= 15 is 0 Å². The number of carboxylic acids is 1. The van der Waals surface area contributed by atoms with Crippen molar-refractivity contribution in [2.24, 2.45) is 0 Å². The number of aromatic amines is 1. The molecule has 3 aromatic heterocycles. The highest BCUT2D eigenvalue weighted by molar-refractivity contribution is 5.95. The summed E-state index contributed by atoms with van der Waals surface area (Å²) in [5.74, 6) is -1.68. The van der Waals surface area contributed by atoms with E-state index in [0.717, 1.165) is 28.1 Å². The Morgan fingerprint density at radius 1 is 1.29 bits per heavy atom. The number of aromatic nitrogens is 4. The van der Waals surface area contributed by atoms with Crippen LogP contribution in [0.25, 0.3) is 22.2 Å². The van der Waals surface area contributed by atoms with Crippen molar-refractivity contribution >= 4 is 22.9 Å². The Balaban J connectivity index is 0.000000426. The molecule has 5 rings (SSSR count). The van der Waals surface area contributed by atoms with Gasteiger partial charge in [0.25, 0.3) is 0 Å². The van der Waals surface area contributed by atoms with Gasteiger partial charge < -0.3 is 24.7 Å². The van der Waals surface area contributed by atoms with E-state index in [0.29, 0.717) is 22.5 Å². The molecule has 4 aromatic rings. The molecule has 0 aliphatic carbocycles. The number of ether oxygens (including phenoxy) is 1. The number of aliphatic carboxylic acids is 1. The number of halogens is 3. The molecule has 4 heterocycles. The van der Waals surface area contributed by atoms with E-state index in [-0.39, 0.29) is 30.8 Å². The summed E-state index contributed by atoms with van der Waals surface area (Å²) >= 11 is 0. The molecule has 11 nitrogen and oxygen atoms in total. The molecule has 14 heteroatoms. The number of H-pyrrole nitrogens is 1. The largest absolute Gasteiger partial charge is 0.490 e. The molecule has 0 spiro atoms. The van der Waals surface area contributed by atoms with Crippen LogP contribution in [0.4, 0.5) is 13.2 Å². The molecule has 0 radical (unpaired) electrons. The van der Waals surface area contributed by atoms with E-state index < -0.39 is 12.1 Å². The van der Waals surface area contributed by atoms with E-state index in [4.69, 9.17) is 19.2 Å². The molecule has 200 valence electrons. The maximum Gasteiger partial charge on any atom is 0.490 e. The third kappa shape index (κ3) is 4.96. The number of benzene rings is 1. The predicted octanol–water partition coefficient (Wildman–Crippen LogP) is 3.25. The Labute approximate surface area is 212 Å².